The summed E-state index contributed by atoms with van der Waals surface area (Å²) in [6.07, 6.45) is 10.1. The fourth-order valence-corrected chi connectivity index (χ4v) is 4.17. The molecule has 0 amide bonds. The van der Waals surface area contributed by atoms with Gasteiger partial charge in [0.1, 0.15) is 5.75 Å². The molecule has 0 aliphatic carbocycles. The number of hydrogen-bond acceptors (Lipinski definition) is 6. The second kappa shape index (κ2) is 17.3. The Morgan fingerprint density at radius 2 is 1.84 bits per heavy atom. The number of allylic oxidation sites excluding steroid dienone is 8. The van der Waals surface area contributed by atoms with E-state index < -0.39 is 6.10 Å². The summed E-state index contributed by atoms with van der Waals surface area (Å²) < 4.78 is 8.64. The van der Waals surface area contributed by atoms with Crippen molar-refractivity contribution in [2.45, 2.75) is 70.9 Å². The van der Waals surface area contributed by atoms with Crippen LogP contribution in [0.3, 0.4) is 0 Å². The number of carbonyl (C=O) groups excluding carboxylic acids is 1. The predicted octanol–water partition coefficient (Wildman–Crippen LogP) is 7.37. The Morgan fingerprint density at radius 3 is 2.45 bits per heavy atom. The summed E-state index contributed by atoms with van der Waals surface area (Å²) in [5, 5.41) is 14.2. The highest BCUT2D eigenvalue weighted by atomic mass is 32.2. The van der Waals surface area contributed by atoms with Crippen LogP contribution >= 0.6 is 11.9 Å². The zero-order valence-corrected chi connectivity index (χ0v) is 24.6. The molecular weight excluding hydrogens is 492 g/mol. The van der Waals surface area contributed by atoms with Crippen molar-refractivity contribution in [3.8, 4) is 5.75 Å². The minimum Gasteiger partial charge on any atom is -0.496 e. The summed E-state index contributed by atoms with van der Waals surface area (Å²) in [5.74, 6) is 0.712. The minimum absolute atomic E-state index is 0.0641. The van der Waals surface area contributed by atoms with E-state index in [4.69, 9.17) is 4.74 Å². The molecule has 2 unspecified atom stereocenters. The SMILES string of the molecule is C=C(CC(=O)C(=C)/C(C)=C\C=C(C)C)CC(NC(/C=C\C)=C/C(=C)NSc1ccccc1OC)C(O)CC. The Balaban J connectivity index is 2.92. The standard InChI is InChI=1S/C32H44N2O3S/c1-10-14-27(21-25(7)34-38-32-16-13-12-15-31(32)37-9)33-28(29(35)11-2)19-23(5)20-30(36)26(8)24(6)18-17-22(3)4/h10,12-18,21,28-29,33-35H,5,7-8,11,19-20H2,1-4,6,9H3/b14-10-,24-18-,27-21+. The molecule has 0 saturated carbocycles. The van der Waals surface area contributed by atoms with Crippen LogP contribution in [-0.2, 0) is 4.79 Å². The van der Waals surface area contributed by atoms with E-state index in [1.165, 1.54) is 11.9 Å². The maximum absolute atomic E-state index is 12.8. The van der Waals surface area contributed by atoms with E-state index in [9.17, 15) is 9.90 Å². The third-order valence-corrected chi connectivity index (χ3v) is 6.59. The van der Waals surface area contributed by atoms with Crippen LogP contribution in [0.2, 0.25) is 0 Å². The first kappa shape index (κ1) is 32.8. The first-order valence-electron chi connectivity index (χ1n) is 12.8. The molecule has 0 spiro atoms. The molecule has 2 atom stereocenters. The molecule has 0 heterocycles. The van der Waals surface area contributed by atoms with Crippen molar-refractivity contribution in [1.82, 2.24) is 10.0 Å². The number of aliphatic hydroxyl groups excluding tert-OH is 1. The van der Waals surface area contributed by atoms with E-state index >= 15 is 0 Å². The lowest BCUT2D eigenvalue weighted by atomic mass is 9.93. The van der Waals surface area contributed by atoms with Gasteiger partial charge in [0.15, 0.2) is 5.78 Å². The molecular formula is C32H44N2O3S. The van der Waals surface area contributed by atoms with E-state index in [1.54, 1.807) is 7.11 Å². The Labute approximate surface area is 234 Å². The normalized spacial score (nSPS) is 13.4. The lowest BCUT2D eigenvalue weighted by Gasteiger charge is -2.26. The number of benzene rings is 1. The van der Waals surface area contributed by atoms with Gasteiger partial charge < -0.3 is 19.9 Å². The Hall–Kier alpha value is -3.22. The molecule has 1 aromatic carbocycles. The van der Waals surface area contributed by atoms with Crippen molar-refractivity contribution in [3.05, 3.63) is 108 Å². The van der Waals surface area contributed by atoms with Gasteiger partial charge in [-0.1, -0.05) is 68.2 Å². The molecule has 1 rings (SSSR count). The van der Waals surface area contributed by atoms with Gasteiger partial charge in [0.25, 0.3) is 0 Å². The van der Waals surface area contributed by atoms with Gasteiger partial charge in [-0.05, 0) is 82.3 Å². The van der Waals surface area contributed by atoms with Crippen molar-refractivity contribution >= 4 is 17.7 Å². The fourth-order valence-electron chi connectivity index (χ4n) is 3.47. The van der Waals surface area contributed by atoms with Gasteiger partial charge in [0.2, 0.25) is 0 Å². The zero-order valence-electron chi connectivity index (χ0n) is 23.8. The molecule has 0 radical (unpaired) electrons. The average molecular weight is 537 g/mol. The van der Waals surface area contributed by atoms with E-state index in [1.807, 2.05) is 89.3 Å². The molecule has 5 nitrogen and oxygen atoms in total. The van der Waals surface area contributed by atoms with Gasteiger partial charge >= 0.3 is 0 Å². The number of methoxy groups -OCH3 is 1. The summed E-state index contributed by atoms with van der Waals surface area (Å²) in [6.45, 7) is 22.0. The number of hydrogen-bond donors (Lipinski definition) is 3. The number of ether oxygens (including phenoxy) is 1. The highest BCUT2D eigenvalue weighted by Crippen LogP contribution is 2.27. The molecule has 0 aliphatic heterocycles. The maximum atomic E-state index is 12.8. The number of ketones is 1. The summed E-state index contributed by atoms with van der Waals surface area (Å²) in [5.41, 5.74) is 4.66. The van der Waals surface area contributed by atoms with Crippen molar-refractivity contribution in [1.29, 1.82) is 0 Å². The summed E-state index contributed by atoms with van der Waals surface area (Å²) in [6, 6.07) is 7.41. The first-order valence-corrected chi connectivity index (χ1v) is 13.6. The van der Waals surface area contributed by atoms with Gasteiger partial charge in [-0.3, -0.25) is 4.79 Å². The molecule has 0 aromatic heterocycles. The van der Waals surface area contributed by atoms with E-state index in [0.29, 0.717) is 24.1 Å². The maximum Gasteiger partial charge on any atom is 0.166 e. The van der Waals surface area contributed by atoms with Crippen LogP contribution in [0.5, 0.6) is 5.75 Å². The van der Waals surface area contributed by atoms with Gasteiger partial charge in [0.05, 0.1) is 24.2 Å². The van der Waals surface area contributed by atoms with Gasteiger partial charge in [0, 0.05) is 23.4 Å². The van der Waals surface area contributed by atoms with E-state index in [-0.39, 0.29) is 18.2 Å². The number of aliphatic hydroxyl groups is 1. The van der Waals surface area contributed by atoms with E-state index in [2.05, 4.69) is 29.8 Å². The molecule has 0 aliphatic rings. The smallest absolute Gasteiger partial charge is 0.166 e. The van der Waals surface area contributed by atoms with E-state index in [0.717, 1.165) is 33.1 Å². The molecule has 3 N–H and O–H groups in total. The summed E-state index contributed by atoms with van der Waals surface area (Å²) >= 11 is 1.41. The summed E-state index contributed by atoms with van der Waals surface area (Å²) in [4.78, 5) is 13.7. The molecule has 38 heavy (non-hydrogen) atoms. The Kier molecular flexibility index (Phi) is 15.0. The summed E-state index contributed by atoms with van der Waals surface area (Å²) in [7, 11) is 1.64. The molecule has 6 heteroatoms. The fraction of sp³-hybridized carbons (Fsp3) is 0.344. The van der Waals surface area contributed by atoms with Crippen LogP contribution in [0.25, 0.3) is 0 Å². The molecule has 0 saturated heterocycles. The molecule has 0 bridgehead atoms. The van der Waals surface area contributed by atoms with Crippen molar-refractivity contribution in [3.63, 3.8) is 0 Å². The zero-order chi connectivity index (χ0) is 28.7. The second-order valence-corrected chi connectivity index (χ2v) is 10.2. The lowest BCUT2D eigenvalue weighted by molar-refractivity contribution is -0.114. The molecule has 206 valence electrons. The number of nitrogens with one attached hydrogen (secondary N) is 2. The number of Topliss-reactive ketones (excluding diaryl/α,β-unsaturated/α-hetero) is 1. The van der Waals surface area contributed by atoms with Crippen LogP contribution in [0.1, 0.15) is 53.9 Å². The third-order valence-electron chi connectivity index (χ3n) is 5.67. The lowest BCUT2D eigenvalue weighted by Crippen LogP contribution is -2.39. The Bertz CT molecular complexity index is 1110. The van der Waals surface area contributed by atoms with Gasteiger partial charge in [-0.25, -0.2) is 0 Å². The molecule has 1 aromatic rings. The minimum atomic E-state index is -0.623. The topological polar surface area (TPSA) is 70.6 Å². The largest absolute Gasteiger partial charge is 0.496 e. The van der Waals surface area contributed by atoms with Crippen molar-refractivity contribution < 1.29 is 14.6 Å². The van der Waals surface area contributed by atoms with Crippen LogP contribution in [0, 0.1) is 0 Å². The number of rotatable bonds is 17. The predicted molar refractivity (Wildman–Crippen MR) is 163 cm³/mol. The molecule has 0 fully saturated rings. The van der Waals surface area contributed by atoms with Crippen LogP contribution in [0.15, 0.2) is 113 Å². The average Bonchev–Trinajstić information content (AvgIpc) is 2.89. The first-order chi connectivity index (χ1) is 18.0. The number of carbonyl (C=O) groups is 1. The number of para-hydroxylation sites is 1. The van der Waals surface area contributed by atoms with Crippen LogP contribution in [-0.4, -0.2) is 30.1 Å². The second-order valence-electron chi connectivity index (χ2n) is 9.33. The highest BCUT2D eigenvalue weighted by Gasteiger charge is 2.21. The third kappa shape index (κ3) is 11.9. The van der Waals surface area contributed by atoms with Crippen molar-refractivity contribution in [2.24, 2.45) is 0 Å². The van der Waals surface area contributed by atoms with Gasteiger partial charge in [-0.15, -0.1) is 0 Å². The van der Waals surface area contributed by atoms with Gasteiger partial charge in [-0.2, -0.15) is 0 Å². The monoisotopic (exact) mass is 536 g/mol. The van der Waals surface area contributed by atoms with Crippen LogP contribution < -0.4 is 14.8 Å². The van der Waals surface area contributed by atoms with Crippen molar-refractivity contribution in [2.75, 3.05) is 7.11 Å². The van der Waals surface area contributed by atoms with Crippen LogP contribution in [0.4, 0.5) is 0 Å². The highest BCUT2D eigenvalue weighted by molar-refractivity contribution is 7.97. The quantitative estimate of drug-likeness (QED) is 0.0836. The Morgan fingerprint density at radius 1 is 1.16 bits per heavy atom.